The first-order valence-corrected chi connectivity index (χ1v) is 9.67. The van der Waals surface area contributed by atoms with E-state index in [0.717, 1.165) is 4.90 Å². The number of urea groups is 1. The van der Waals surface area contributed by atoms with Crippen LogP contribution in [-0.2, 0) is 16.1 Å². The number of rotatable bonds is 7. The molecule has 1 aromatic carbocycles. The molecule has 1 aliphatic rings. The quantitative estimate of drug-likeness (QED) is 0.377. The van der Waals surface area contributed by atoms with Crippen LogP contribution >= 0.6 is 15.9 Å². The molecule has 30 heavy (non-hydrogen) atoms. The number of benzene rings is 1. The zero-order valence-corrected chi connectivity index (χ0v) is 17.5. The standard InChI is InChI=1S/C21H17BrN2O6/c1-3-7-30-18-11-16(22)13(10-17(18)28-4-2)9-15-19(25)23-21(27)24(20(15)26)12-14-6-5-8-29-14/h1,5-6,8-11H,4,7,12H2,2H3,(H,23,25,27)/b15-9+. The fourth-order valence-electron chi connectivity index (χ4n) is 2.71. The van der Waals surface area contributed by atoms with Gasteiger partial charge in [0.15, 0.2) is 11.5 Å². The van der Waals surface area contributed by atoms with E-state index in [-0.39, 0.29) is 18.7 Å². The van der Waals surface area contributed by atoms with Crippen LogP contribution < -0.4 is 14.8 Å². The summed E-state index contributed by atoms with van der Waals surface area (Å²) in [7, 11) is 0. The summed E-state index contributed by atoms with van der Waals surface area (Å²) in [6.07, 6.45) is 8.04. The monoisotopic (exact) mass is 472 g/mol. The van der Waals surface area contributed by atoms with Gasteiger partial charge in [0, 0.05) is 4.47 Å². The normalized spacial score (nSPS) is 15.2. The second-order valence-corrected chi connectivity index (χ2v) is 6.89. The molecule has 1 fully saturated rings. The van der Waals surface area contributed by atoms with Crippen LogP contribution in [0.15, 0.2) is 45.0 Å². The number of amides is 4. The van der Waals surface area contributed by atoms with Gasteiger partial charge >= 0.3 is 6.03 Å². The molecule has 1 aliphatic heterocycles. The lowest BCUT2D eigenvalue weighted by atomic mass is 10.1. The van der Waals surface area contributed by atoms with Crippen molar-refractivity contribution in [1.82, 2.24) is 10.2 Å². The average Bonchev–Trinajstić information content (AvgIpc) is 3.22. The van der Waals surface area contributed by atoms with E-state index in [9.17, 15) is 14.4 Å². The van der Waals surface area contributed by atoms with E-state index in [2.05, 4.69) is 27.2 Å². The molecule has 154 valence electrons. The Hall–Kier alpha value is -3.51. The Bertz CT molecular complexity index is 1050. The molecule has 0 aliphatic carbocycles. The number of nitrogens with one attached hydrogen (secondary N) is 1. The Labute approximate surface area is 180 Å². The number of terminal acetylenes is 1. The van der Waals surface area contributed by atoms with Crippen molar-refractivity contribution in [1.29, 1.82) is 0 Å². The van der Waals surface area contributed by atoms with Crippen LogP contribution in [0, 0.1) is 12.3 Å². The number of halogens is 1. The van der Waals surface area contributed by atoms with Crippen LogP contribution in [0.4, 0.5) is 4.79 Å². The molecular formula is C21H17BrN2O6. The maximum atomic E-state index is 12.8. The number of hydrogen-bond donors (Lipinski definition) is 1. The molecule has 0 saturated carbocycles. The van der Waals surface area contributed by atoms with Crippen molar-refractivity contribution in [3.63, 3.8) is 0 Å². The molecule has 2 heterocycles. The van der Waals surface area contributed by atoms with Gasteiger partial charge in [0.1, 0.15) is 17.9 Å². The van der Waals surface area contributed by atoms with E-state index >= 15 is 0 Å². The summed E-state index contributed by atoms with van der Waals surface area (Å²) in [4.78, 5) is 38.2. The fourth-order valence-corrected chi connectivity index (χ4v) is 3.15. The minimum absolute atomic E-state index is 0.0533. The minimum atomic E-state index is -0.814. The molecule has 4 amide bonds. The highest BCUT2D eigenvalue weighted by Gasteiger charge is 2.36. The zero-order valence-electron chi connectivity index (χ0n) is 15.9. The molecular weight excluding hydrogens is 456 g/mol. The molecule has 0 spiro atoms. The molecule has 2 aromatic rings. The number of barbiturate groups is 1. The summed E-state index contributed by atoms with van der Waals surface area (Å²) in [6, 6.07) is 5.69. The van der Waals surface area contributed by atoms with Crippen molar-refractivity contribution in [2.75, 3.05) is 13.2 Å². The third-order valence-corrected chi connectivity index (χ3v) is 4.74. The van der Waals surface area contributed by atoms with Crippen LogP contribution in [0.5, 0.6) is 11.5 Å². The van der Waals surface area contributed by atoms with E-state index in [1.165, 1.54) is 12.3 Å². The Morgan fingerprint density at radius 3 is 2.70 bits per heavy atom. The van der Waals surface area contributed by atoms with Crippen LogP contribution in [0.2, 0.25) is 0 Å². The summed E-state index contributed by atoms with van der Waals surface area (Å²) in [6.45, 7) is 2.13. The van der Waals surface area contributed by atoms with Gasteiger partial charge in [-0.1, -0.05) is 21.9 Å². The molecule has 9 heteroatoms. The molecule has 1 saturated heterocycles. The first kappa shape index (κ1) is 21.2. The minimum Gasteiger partial charge on any atom is -0.490 e. The third kappa shape index (κ3) is 4.55. The Balaban J connectivity index is 1.96. The summed E-state index contributed by atoms with van der Waals surface area (Å²) < 4.78 is 16.8. The lowest BCUT2D eigenvalue weighted by molar-refractivity contribution is -0.130. The Morgan fingerprint density at radius 2 is 2.03 bits per heavy atom. The highest BCUT2D eigenvalue weighted by molar-refractivity contribution is 9.10. The highest BCUT2D eigenvalue weighted by atomic mass is 79.9. The van der Waals surface area contributed by atoms with Gasteiger partial charge in [0.2, 0.25) is 0 Å². The van der Waals surface area contributed by atoms with Gasteiger partial charge in [-0.2, -0.15) is 0 Å². The lowest BCUT2D eigenvalue weighted by Gasteiger charge is -2.25. The Morgan fingerprint density at radius 1 is 1.27 bits per heavy atom. The number of carbonyl (C=O) groups is 3. The van der Waals surface area contributed by atoms with Crippen LogP contribution in [0.3, 0.4) is 0 Å². The fraction of sp³-hybridized carbons (Fsp3) is 0.190. The van der Waals surface area contributed by atoms with Gasteiger partial charge in [-0.05, 0) is 42.8 Å². The molecule has 0 unspecified atom stereocenters. The van der Waals surface area contributed by atoms with E-state index in [0.29, 0.717) is 33.9 Å². The van der Waals surface area contributed by atoms with Gasteiger partial charge < -0.3 is 13.9 Å². The number of carbonyl (C=O) groups excluding carboxylic acids is 3. The van der Waals surface area contributed by atoms with Crippen LogP contribution in [0.1, 0.15) is 18.2 Å². The number of furan rings is 1. The van der Waals surface area contributed by atoms with Crippen LogP contribution in [0.25, 0.3) is 6.08 Å². The number of nitrogens with zero attached hydrogens (tertiary/aromatic N) is 1. The van der Waals surface area contributed by atoms with Crippen molar-refractivity contribution in [3.8, 4) is 23.8 Å². The molecule has 1 N–H and O–H groups in total. The molecule has 0 bridgehead atoms. The number of hydrogen-bond acceptors (Lipinski definition) is 6. The van der Waals surface area contributed by atoms with Gasteiger partial charge in [-0.25, -0.2) is 4.79 Å². The molecule has 1 aromatic heterocycles. The van der Waals surface area contributed by atoms with Gasteiger partial charge in [0.25, 0.3) is 11.8 Å². The maximum absolute atomic E-state index is 12.8. The largest absolute Gasteiger partial charge is 0.490 e. The average molecular weight is 473 g/mol. The smallest absolute Gasteiger partial charge is 0.331 e. The lowest BCUT2D eigenvalue weighted by Crippen LogP contribution is -2.53. The molecule has 0 radical (unpaired) electrons. The SMILES string of the molecule is C#CCOc1cc(Br)c(/C=C2\C(=O)NC(=O)N(Cc3ccco3)C2=O)cc1OCC. The summed E-state index contributed by atoms with van der Waals surface area (Å²) in [5, 5.41) is 2.16. The molecule has 0 atom stereocenters. The highest BCUT2D eigenvalue weighted by Crippen LogP contribution is 2.35. The molecule has 8 nitrogen and oxygen atoms in total. The van der Waals surface area contributed by atoms with Crippen molar-refractivity contribution in [2.45, 2.75) is 13.5 Å². The second-order valence-electron chi connectivity index (χ2n) is 6.03. The topological polar surface area (TPSA) is 98.1 Å². The van der Waals surface area contributed by atoms with Gasteiger partial charge in [-0.3, -0.25) is 19.8 Å². The van der Waals surface area contributed by atoms with E-state index in [4.69, 9.17) is 20.3 Å². The molecule has 3 rings (SSSR count). The Kier molecular flexibility index (Phi) is 6.59. The van der Waals surface area contributed by atoms with Crippen molar-refractivity contribution < 1.29 is 28.3 Å². The van der Waals surface area contributed by atoms with Crippen molar-refractivity contribution in [3.05, 3.63) is 51.9 Å². The van der Waals surface area contributed by atoms with Crippen molar-refractivity contribution >= 4 is 39.9 Å². The van der Waals surface area contributed by atoms with Gasteiger partial charge in [0.05, 0.1) is 19.4 Å². The van der Waals surface area contributed by atoms with E-state index < -0.39 is 17.8 Å². The third-order valence-electron chi connectivity index (χ3n) is 4.05. The number of ether oxygens (including phenoxy) is 2. The maximum Gasteiger partial charge on any atom is 0.331 e. The van der Waals surface area contributed by atoms with E-state index in [1.807, 2.05) is 0 Å². The summed E-state index contributed by atoms with van der Waals surface area (Å²) >= 11 is 3.40. The van der Waals surface area contributed by atoms with Crippen molar-refractivity contribution in [2.24, 2.45) is 0 Å². The summed E-state index contributed by atoms with van der Waals surface area (Å²) in [5.41, 5.74) is 0.277. The van der Waals surface area contributed by atoms with E-state index in [1.54, 1.807) is 31.2 Å². The first-order valence-electron chi connectivity index (χ1n) is 8.88. The predicted octanol–water partition coefficient (Wildman–Crippen LogP) is 3.11. The first-order chi connectivity index (χ1) is 14.4. The number of imide groups is 2. The van der Waals surface area contributed by atoms with Crippen LogP contribution in [-0.4, -0.2) is 36.0 Å². The second kappa shape index (κ2) is 9.33. The van der Waals surface area contributed by atoms with Gasteiger partial charge in [-0.15, -0.1) is 6.42 Å². The summed E-state index contributed by atoms with van der Waals surface area (Å²) in [5.74, 6) is 2.06. The predicted molar refractivity (Wildman–Crippen MR) is 110 cm³/mol. The zero-order chi connectivity index (χ0) is 21.7.